The van der Waals surface area contributed by atoms with E-state index in [1.54, 1.807) is 0 Å². The first-order valence-corrected chi connectivity index (χ1v) is 4.36. The van der Waals surface area contributed by atoms with Crippen LogP contribution in [0, 0.1) is 5.41 Å². The Kier molecular flexibility index (Phi) is 2.55. The minimum Gasteiger partial charge on any atom is -0.393 e. The van der Waals surface area contributed by atoms with Gasteiger partial charge in [-0.2, -0.15) is 0 Å². The van der Waals surface area contributed by atoms with E-state index < -0.39 is 0 Å². The molecule has 0 bridgehead atoms. The average Bonchev–Trinajstić information content (AvgIpc) is 2.63. The molecular formula is C9H18O2. The zero-order valence-electron chi connectivity index (χ0n) is 7.63. The van der Waals surface area contributed by atoms with Crippen molar-refractivity contribution in [1.82, 2.24) is 0 Å². The molecule has 11 heavy (non-hydrogen) atoms. The summed E-state index contributed by atoms with van der Waals surface area (Å²) in [6, 6.07) is 0. The molecule has 66 valence electrons. The molecule has 0 saturated heterocycles. The van der Waals surface area contributed by atoms with Crippen LogP contribution < -0.4 is 0 Å². The van der Waals surface area contributed by atoms with Crippen LogP contribution in [0.1, 0.15) is 33.6 Å². The van der Waals surface area contributed by atoms with Crippen LogP contribution in [0.2, 0.25) is 0 Å². The van der Waals surface area contributed by atoms with Gasteiger partial charge in [-0.25, -0.2) is 0 Å². The number of ether oxygens (including phenoxy) is 1. The van der Waals surface area contributed by atoms with Crippen LogP contribution in [0.15, 0.2) is 0 Å². The van der Waals surface area contributed by atoms with Crippen molar-refractivity contribution in [3.8, 4) is 0 Å². The lowest BCUT2D eigenvalue weighted by atomic mass is 10.0. The first kappa shape index (κ1) is 9.01. The minimum absolute atomic E-state index is 0.115. The van der Waals surface area contributed by atoms with E-state index in [9.17, 15) is 5.11 Å². The third-order valence-electron chi connectivity index (χ3n) is 2.48. The van der Waals surface area contributed by atoms with Crippen LogP contribution in [0.4, 0.5) is 0 Å². The van der Waals surface area contributed by atoms with Crippen molar-refractivity contribution in [3.05, 3.63) is 0 Å². The second-order valence-corrected chi connectivity index (χ2v) is 3.90. The van der Waals surface area contributed by atoms with Crippen LogP contribution in [-0.2, 0) is 4.74 Å². The Labute approximate surface area is 68.6 Å². The average molecular weight is 158 g/mol. The largest absolute Gasteiger partial charge is 0.393 e. The maximum atomic E-state index is 9.38. The predicted molar refractivity (Wildman–Crippen MR) is 44.4 cm³/mol. The maximum absolute atomic E-state index is 9.38. The van der Waals surface area contributed by atoms with Gasteiger partial charge in [0.2, 0.25) is 0 Å². The van der Waals surface area contributed by atoms with Gasteiger partial charge in [-0.05, 0) is 33.6 Å². The molecule has 0 aromatic carbocycles. The van der Waals surface area contributed by atoms with Crippen molar-refractivity contribution in [2.75, 3.05) is 6.61 Å². The van der Waals surface area contributed by atoms with Crippen LogP contribution in [-0.4, -0.2) is 23.9 Å². The van der Waals surface area contributed by atoms with E-state index in [4.69, 9.17) is 4.74 Å². The normalized spacial score (nSPS) is 23.7. The Morgan fingerprint density at radius 2 is 1.91 bits per heavy atom. The molecule has 1 aliphatic rings. The Bertz CT molecular complexity index is 126. The number of hydrogen-bond donors (Lipinski definition) is 1. The molecular weight excluding hydrogens is 140 g/mol. The summed E-state index contributed by atoms with van der Waals surface area (Å²) in [5, 5.41) is 9.38. The number of hydrogen-bond acceptors (Lipinski definition) is 2. The molecule has 1 aliphatic carbocycles. The van der Waals surface area contributed by atoms with Gasteiger partial charge in [-0.1, -0.05) is 0 Å². The Balaban J connectivity index is 2.25. The second kappa shape index (κ2) is 3.11. The molecule has 0 spiro atoms. The molecule has 0 heterocycles. The summed E-state index contributed by atoms with van der Waals surface area (Å²) in [6.45, 7) is 6.63. The third kappa shape index (κ3) is 2.17. The van der Waals surface area contributed by atoms with E-state index in [0.717, 1.165) is 19.4 Å². The van der Waals surface area contributed by atoms with Gasteiger partial charge in [0.1, 0.15) is 0 Å². The van der Waals surface area contributed by atoms with Gasteiger partial charge in [0.25, 0.3) is 0 Å². The molecule has 1 N–H and O–H groups in total. The molecule has 0 aromatic heterocycles. The van der Waals surface area contributed by atoms with Gasteiger partial charge >= 0.3 is 0 Å². The molecule has 0 radical (unpaired) electrons. The molecule has 1 fully saturated rings. The Hall–Kier alpha value is -0.0800. The van der Waals surface area contributed by atoms with Gasteiger partial charge in [0.05, 0.1) is 18.8 Å². The van der Waals surface area contributed by atoms with Gasteiger partial charge in [0.15, 0.2) is 0 Å². The Morgan fingerprint density at radius 3 is 2.18 bits per heavy atom. The lowest BCUT2D eigenvalue weighted by Crippen LogP contribution is -2.25. The lowest BCUT2D eigenvalue weighted by molar-refractivity contribution is -0.00395. The molecule has 1 unspecified atom stereocenters. The monoisotopic (exact) mass is 158 g/mol. The zero-order valence-corrected chi connectivity index (χ0v) is 7.63. The fourth-order valence-electron chi connectivity index (χ4n) is 1.18. The highest BCUT2D eigenvalue weighted by atomic mass is 16.5. The van der Waals surface area contributed by atoms with E-state index in [-0.39, 0.29) is 17.6 Å². The van der Waals surface area contributed by atoms with Crippen LogP contribution in [0.5, 0.6) is 0 Å². The number of aliphatic hydroxyl groups excluding tert-OH is 1. The SMILES string of the molecule is CC(C)OCC1(C(C)O)CC1. The summed E-state index contributed by atoms with van der Waals surface area (Å²) in [6.07, 6.45) is 2.32. The molecule has 0 aliphatic heterocycles. The van der Waals surface area contributed by atoms with Crippen LogP contribution >= 0.6 is 0 Å². The Morgan fingerprint density at radius 1 is 1.36 bits per heavy atom. The van der Waals surface area contributed by atoms with Crippen molar-refractivity contribution >= 4 is 0 Å². The summed E-state index contributed by atoms with van der Waals surface area (Å²) in [5.41, 5.74) is 0.115. The molecule has 1 saturated carbocycles. The highest BCUT2D eigenvalue weighted by Gasteiger charge is 2.47. The van der Waals surface area contributed by atoms with E-state index in [1.807, 2.05) is 20.8 Å². The van der Waals surface area contributed by atoms with Crippen molar-refractivity contribution in [2.24, 2.45) is 5.41 Å². The number of aliphatic hydroxyl groups is 1. The van der Waals surface area contributed by atoms with E-state index >= 15 is 0 Å². The molecule has 0 aromatic rings. The fraction of sp³-hybridized carbons (Fsp3) is 1.00. The quantitative estimate of drug-likeness (QED) is 0.673. The van der Waals surface area contributed by atoms with Crippen molar-refractivity contribution in [3.63, 3.8) is 0 Å². The van der Waals surface area contributed by atoms with Gasteiger partial charge in [-0.15, -0.1) is 0 Å². The van der Waals surface area contributed by atoms with E-state index in [1.165, 1.54) is 0 Å². The predicted octanol–water partition coefficient (Wildman–Crippen LogP) is 1.57. The van der Waals surface area contributed by atoms with Gasteiger partial charge in [0, 0.05) is 5.41 Å². The highest BCUT2D eigenvalue weighted by molar-refractivity contribution is 4.97. The highest BCUT2D eigenvalue weighted by Crippen LogP contribution is 2.48. The molecule has 2 nitrogen and oxygen atoms in total. The summed E-state index contributed by atoms with van der Waals surface area (Å²) >= 11 is 0. The topological polar surface area (TPSA) is 29.5 Å². The third-order valence-corrected chi connectivity index (χ3v) is 2.48. The maximum Gasteiger partial charge on any atom is 0.0590 e. The van der Waals surface area contributed by atoms with Crippen molar-refractivity contribution < 1.29 is 9.84 Å². The van der Waals surface area contributed by atoms with Gasteiger partial charge in [-0.3, -0.25) is 0 Å². The molecule has 1 rings (SSSR count). The van der Waals surface area contributed by atoms with Crippen LogP contribution in [0.25, 0.3) is 0 Å². The summed E-state index contributed by atoms with van der Waals surface area (Å²) in [4.78, 5) is 0. The van der Waals surface area contributed by atoms with Crippen molar-refractivity contribution in [2.45, 2.75) is 45.8 Å². The fourth-order valence-corrected chi connectivity index (χ4v) is 1.18. The first-order valence-electron chi connectivity index (χ1n) is 4.36. The van der Waals surface area contributed by atoms with E-state index in [0.29, 0.717) is 0 Å². The molecule has 2 heteroatoms. The second-order valence-electron chi connectivity index (χ2n) is 3.90. The number of rotatable bonds is 4. The van der Waals surface area contributed by atoms with E-state index in [2.05, 4.69) is 0 Å². The van der Waals surface area contributed by atoms with Gasteiger partial charge < -0.3 is 9.84 Å². The standard InChI is InChI=1S/C9H18O2/c1-7(2)11-6-9(4-5-9)8(3)10/h7-8,10H,4-6H2,1-3H3. The van der Waals surface area contributed by atoms with Crippen molar-refractivity contribution in [1.29, 1.82) is 0 Å². The summed E-state index contributed by atoms with van der Waals surface area (Å²) in [5.74, 6) is 0. The molecule has 1 atom stereocenters. The zero-order chi connectivity index (χ0) is 8.48. The minimum atomic E-state index is -0.207. The smallest absolute Gasteiger partial charge is 0.0590 e. The first-order chi connectivity index (χ1) is 5.07. The summed E-state index contributed by atoms with van der Waals surface area (Å²) in [7, 11) is 0. The lowest BCUT2D eigenvalue weighted by Gasteiger charge is -2.19. The van der Waals surface area contributed by atoms with Crippen LogP contribution in [0.3, 0.4) is 0 Å². The molecule has 0 amide bonds. The summed E-state index contributed by atoms with van der Waals surface area (Å²) < 4.78 is 5.47.